The van der Waals surface area contributed by atoms with Crippen molar-refractivity contribution in [1.29, 1.82) is 0 Å². The van der Waals surface area contributed by atoms with Crippen LogP contribution in [0.5, 0.6) is 5.75 Å². The number of nitrogens with zero attached hydrogens (tertiary/aromatic N) is 2. The Hall–Kier alpha value is -3.77. The highest BCUT2D eigenvalue weighted by atomic mass is 35.5. The second-order valence-electron chi connectivity index (χ2n) is 9.70. The summed E-state index contributed by atoms with van der Waals surface area (Å²) in [6, 6.07) is 14.5. The van der Waals surface area contributed by atoms with Gasteiger partial charge in [-0.15, -0.1) is 0 Å². The van der Waals surface area contributed by atoms with Gasteiger partial charge in [0, 0.05) is 12.6 Å². The molecule has 8 nitrogen and oxygen atoms in total. The molecule has 42 heavy (non-hydrogen) atoms. The molecule has 0 aliphatic rings. The summed E-state index contributed by atoms with van der Waals surface area (Å²) in [5, 5.41) is 2.41. The molecule has 1 N–H and O–H groups in total. The van der Waals surface area contributed by atoms with Crippen molar-refractivity contribution >= 4 is 39.1 Å². The Bertz CT molecular complexity index is 1500. The van der Waals surface area contributed by atoms with Crippen molar-refractivity contribution in [3.63, 3.8) is 0 Å². The summed E-state index contributed by atoms with van der Waals surface area (Å²) < 4.78 is 74.2. The lowest BCUT2D eigenvalue weighted by molar-refractivity contribution is -0.139. The largest absolute Gasteiger partial charge is 0.497 e. The molecule has 226 valence electrons. The molecule has 0 bridgehead atoms. The second-order valence-corrected chi connectivity index (χ2v) is 12.0. The van der Waals surface area contributed by atoms with E-state index in [0.717, 1.165) is 17.0 Å². The van der Waals surface area contributed by atoms with Gasteiger partial charge in [0.15, 0.2) is 0 Å². The van der Waals surface area contributed by atoms with Crippen LogP contribution in [0.1, 0.15) is 31.9 Å². The zero-order valence-corrected chi connectivity index (χ0v) is 24.9. The highest BCUT2D eigenvalue weighted by Gasteiger charge is 2.36. The summed E-state index contributed by atoms with van der Waals surface area (Å²) in [5.74, 6) is -0.784. The summed E-state index contributed by atoms with van der Waals surface area (Å²) in [6.45, 7) is 3.92. The standard InChI is InChI=1S/C29H31ClF3N3O5S/c1-19(2)34-28(38)20(3)35(17-21-10-13-23(41-4)14-11-21)27(37)18-36(42(39,40)24-8-6-5-7-9-24)26-16-22(29(31,32)33)12-15-25(26)30/h5-16,19-20H,17-18H2,1-4H3,(H,34,38)/t20-/m0/s1. The molecular formula is C29H31ClF3N3O5S. The van der Waals surface area contributed by atoms with Crippen LogP contribution in [0.2, 0.25) is 5.02 Å². The number of nitrogens with one attached hydrogen (secondary N) is 1. The molecule has 0 unspecified atom stereocenters. The van der Waals surface area contributed by atoms with Crippen molar-refractivity contribution < 1.29 is 35.9 Å². The van der Waals surface area contributed by atoms with Crippen LogP contribution in [0.3, 0.4) is 0 Å². The van der Waals surface area contributed by atoms with Gasteiger partial charge in [0.25, 0.3) is 10.0 Å². The second kappa shape index (κ2) is 13.5. The fourth-order valence-corrected chi connectivity index (χ4v) is 5.74. The van der Waals surface area contributed by atoms with Crippen molar-refractivity contribution in [3.8, 4) is 5.75 Å². The van der Waals surface area contributed by atoms with Crippen LogP contribution in [0.4, 0.5) is 18.9 Å². The summed E-state index contributed by atoms with van der Waals surface area (Å²) in [6.07, 6.45) is -4.81. The SMILES string of the molecule is COc1ccc(CN(C(=O)CN(c2cc(C(F)(F)F)ccc2Cl)S(=O)(=O)c2ccccc2)[C@@H](C)C(=O)NC(C)C)cc1. The molecule has 0 spiro atoms. The average Bonchev–Trinajstić information content (AvgIpc) is 2.94. The summed E-state index contributed by atoms with van der Waals surface area (Å²) in [5.41, 5.74) is -1.09. The lowest BCUT2D eigenvalue weighted by Crippen LogP contribution is -2.52. The summed E-state index contributed by atoms with van der Waals surface area (Å²) in [4.78, 5) is 27.8. The topological polar surface area (TPSA) is 96.0 Å². The maximum Gasteiger partial charge on any atom is 0.416 e. The first-order chi connectivity index (χ1) is 19.6. The van der Waals surface area contributed by atoms with Gasteiger partial charge in [0.05, 0.1) is 28.3 Å². The third kappa shape index (κ3) is 7.95. The molecule has 13 heteroatoms. The van der Waals surface area contributed by atoms with Crippen LogP contribution in [-0.2, 0) is 32.3 Å². The summed E-state index contributed by atoms with van der Waals surface area (Å²) in [7, 11) is -3.11. The normalized spacial score (nSPS) is 12.5. The van der Waals surface area contributed by atoms with Crippen molar-refractivity contribution in [3.05, 3.63) is 88.9 Å². The van der Waals surface area contributed by atoms with E-state index in [2.05, 4.69) is 5.32 Å². The van der Waals surface area contributed by atoms with Crippen molar-refractivity contribution in [2.45, 2.75) is 50.5 Å². The molecule has 0 fully saturated rings. The molecule has 2 amide bonds. The molecular weight excluding hydrogens is 595 g/mol. The quantitative estimate of drug-likeness (QED) is 0.303. The number of carbonyl (C=O) groups excluding carboxylic acids is 2. The number of hydrogen-bond acceptors (Lipinski definition) is 5. The van der Waals surface area contributed by atoms with Gasteiger partial charge in [-0.05, 0) is 68.8 Å². The number of methoxy groups -OCH3 is 1. The fourth-order valence-electron chi connectivity index (χ4n) is 4.03. The number of anilines is 1. The van der Waals surface area contributed by atoms with E-state index >= 15 is 0 Å². The van der Waals surface area contributed by atoms with E-state index in [0.29, 0.717) is 21.7 Å². The van der Waals surface area contributed by atoms with Crippen LogP contribution < -0.4 is 14.4 Å². The number of amides is 2. The Balaban J connectivity index is 2.12. The number of benzene rings is 3. The lowest BCUT2D eigenvalue weighted by Gasteiger charge is -2.32. The number of sulfonamides is 1. The Morgan fingerprint density at radius 2 is 1.60 bits per heavy atom. The maximum absolute atomic E-state index is 13.9. The van der Waals surface area contributed by atoms with Gasteiger partial charge in [-0.2, -0.15) is 13.2 Å². The van der Waals surface area contributed by atoms with Gasteiger partial charge in [-0.25, -0.2) is 8.42 Å². The molecule has 0 aromatic heterocycles. The Kier molecular flexibility index (Phi) is 10.5. The predicted molar refractivity (Wildman–Crippen MR) is 154 cm³/mol. The zero-order valence-electron chi connectivity index (χ0n) is 23.4. The van der Waals surface area contributed by atoms with Gasteiger partial charge in [0.2, 0.25) is 11.8 Å². The predicted octanol–water partition coefficient (Wildman–Crippen LogP) is 5.50. The Labute approximate surface area is 248 Å². The molecule has 0 radical (unpaired) electrons. The lowest BCUT2D eigenvalue weighted by atomic mass is 10.1. The first kappa shape index (κ1) is 32.7. The molecule has 0 aliphatic heterocycles. The molecule has 3 aromatic rings. The minimum absolute atomic E-state index is 0.106. The molecule has 3 rings (SSSR count). The summed E-state index contributed by atoms with van der Waals surface area (Å²) >= 11 is 6.25. The highest BCUT2D eigenvalue weighted by molar-refractivity contribution is 7.92. The first-order valence-electron chi connectivity index (χ1n) is 12.8. The molecule has 0 heterocycles. The van der Waals surface area contributed by atoms with E-state index in [-0.39, 0.29) is 22.5 Å². The highest BCUT2D eigenvalue weighted by Crippen LogP contribution is 2.37. The zero-order chi connectivity index (χ0) is 31.2. The van der Waals surface area contributed by atoms with Crippen LogP contribution >= 0.6 is 11.6 Å². The van der Waals surface area contributed by atoms with Crippen molar-refractivity contribution in [1.82, 2.24) is 10.2 Å². The minimum Gasteiger partial charge on any atom is -0.497 e. The number of halogens is 4. The van der Waals surface area contributed by atoms with E-state index in [9.17, 15) is 31.2 Å². The number of carbonyl (C=O) groups is 2. The van der Waals surface area contributed by atoms with Crippen molar-refractivity contribution in [2.75, 3.05) is 18.0 Å². The number of hydrogen-bond donors (Lipinski definition) is 1. The monoisotopic (exact) mass is 625 g/mol. The smallest absolute Gasteiger partial charge is 0.416 e. The van der Waals surface area contributed by atoms with E-state index in [1.807, 2.05) is 0 Å². The first-order valence-corrected chi connectivity index (χ1v) is 14.6. The van der Waals surface area contributed by atoms with Crippen LogP contribution in [-0.4, -0.2) is 50.9 Å². The van der Waals surface area contributed by atoms with Crippen LogP contribution in [0, 0.1) is 0 Å². The van der Waals surface area contributed by atoms with E-state index in [4.69, 9.17) is 16.3 Å². The molecule has 0 saturated heterocycles. The number of alkyl halides is 3. The molecule has 0 saturated carbocycles. The van der Waals surface area contributed by atoms with E-state index < -0.39 is 51.9 Å². The van der Waals surface area contributed by atoms with Crippen LogP contribution in [0.15, 0.2) is 77.7 Å². The van der Waals surface area contributed by atoms with Gasteiger partial charge >= 0.3 is 6.18 Å². The minimum atomic E-state index is -4.81. The number of rotatable bonds is 11. The van der Waals surface area contributed by atoms with Gasteiger partial charge < -0.3 is 15.0 Å². The van der Waals surface area contributed by atoms with E-state index in [1.165, 1.54) is 38.3 Å². The molecule has 1 atom stereocenters. The van der Waals surface area contributed by atoms with E-state index in [1.54, 1.807) is 44.2 Å². The fraction of sp³-hybridized carbons (Fsp3) is 0.310. The maximum atomic E-state index is 13.9. The average molecular weight is 626 g/mol. The molecule has 0 aliphatic carbocycles. The van der Waals surface area contributed by atoms with Crippen molar-refractivity contribution in [2.24, 2.45) is 0 Å². The molecule has 3 aromatic carbocycles. The van der Waals surface area contributed by atoms with Gasteiger partial charge in [-0.3, -0.25) is 13.9 Å². The third-order valence-corrected chi connectivity index (χ3v) is 8.36. The third-order valence-electron chi connectivity index (χ3n) is 6.26. The van der Waals surface area contributed by atoms with Gasteiger partial charge in [0.1, 0.15) is 18.3 Å². The number of ether oxygens (including phenoxy) is 1. The van der Waals surface area contributed by atoms with Crippen LogP contribution in [0.25, 0.3) is 0 Å². The van der Waals surface area contributed by atoms with Gasteiger partial charge in [-0.1, -0.05) is 41.9 Å². The Morgan fingerprint density at radius 1 is 0.976 bits per heavy atom. The Morgan fingerprint density at radius 3 is 2.14 bits per heavy atom.